The zero-order chi connectivity index (χ0) is 26.7. The van der Waals surface area contributed by atoms with E-state index in [9.17, 15) is 24.9 Å². The average molecular weight is 514 g/mol. The van der Waals surface area contributed by atoms with Gasteiger partial charge in [-0.1, -0.05) is 12.1 Å². The summed E-state index contributed by atoms with van der Waals surface area (Å²) in [5.74, 6) is -1.52. The fourth-order valence-corrected chi connectivity index (χ4v) is 4.71. The number of benzene rings is 1. The normalized spacial score (nSPS) is 23.2. The Morgan fingerprint density at radius 1 is 1.11 bits per heavy atom. The maximum Gasteiger partial charge on any atom is 0.320 e. The Kier molecular flexibility index (Phi) is 7.97. The van der Waals surface area contributed by atoms with Crippen molar-refractivity contribution in [1.82, 2.24) is 19.5 Å². The van der Waals surface area contributed by atoms with Crippen LogP contribution >= 0.6 is 0 Å². The van der Waals surface area contributed by atoms with Crippen molar-refractivity contribution in [3.05, 3.63) is 48.0 Å². The molecule has 13 heteroatoms. The molecule has 3 aromatic rings. The largest absolute Gasteiger partial charge is 0.480 e. The van der Waals surface area contributed by atoms with Gasteiger partial charge in [0, 0.05) is 5.56 Å². The SMILES string of the molecule is NC(=O)c1cccc(CC[C@@H](CC[C@H](N)C(=O)O)C[C@H]2O[C@@H](n3cnc4c(N)ncnc43)[C@H](O)[C@@H]2O)c1. The molecule has 2 aromatic heterocycles. The van der Waals surface area contributed by atoms with Crippen molar-refractivity contribution >= 4 is 28.9 Å². The number of nitrogens with two attached hydrogens (primary N) is 3. The van der Waals surface area contributed by atoms with Gasteiger partial charge in [-0.15, -0.1) is 0 Å². The van der Waals surface area contributed by atoms with E-state index in [1.54, 1.807) is 18.2 Å². The van der Waals surface area contributed by atoms with Gasteiger partial charge >= 0.3 is 5.97 Å². The molecule has 0 bridgehead atoms. The molecule has 1 aromatic carbocycles. The molecule has 0 aliphatic carbocycles. The molecule has 0 unspecified atom stereocenters. The summed E-state index contributed by atoms with van der Waals surface area (Å²) in [7, 11) is 0. The van der Waals surface area contributed by atoms with Gasteiger partial charge in [-0.2, -0.15) is 0 Å². The summed E-state index contributed by atoms with van der Waals surface area (Å²) in [4.78, 5) is 35.0. The smallest absolute Gasteiger partial charge is 0.320 e. The molecule has 13 nitrogen and oxygen atoms in total. The molecule has 0 radical (unpaired) electrons. The van der Waals surface area contributed by atoms with Crippen LogP contribution in [0.5, 0.6) is 0 Å². The van der Waals surface area contributed by atoms with Crippen LogP contribution in [0.1, 0.15) is 47.8 Å². The van der Waals surface area contributed by atoms with E-state index in [1.165, 1.54) is 17.2 Å². The number of anilines is 1. The number of rotatable bonds is 11. The topological polar surface area (TPSA) is 226 Å². The van der Waals surface area contributed by atoms with Crippen LogP contribution in [0.4, 0.5) is 5.82 Å². The number of aromatic nitrogens is 4. The number of aliphatic hydroxyl groups is 2. The Morgan fingerprint density at radius 3 is 2.62 bits per heavy atom. The lowest BCUT2D eigenvalue weighted by Gasteiger charge is -2.23. The number of ether oxygens (including phenoxy) is 1. The molecule has 0 spiro atoms. The second kappa shape index (κ2) is 11.2. The van der Waals surface area contributed by atoms with Crippen LogP contribution in [0.2, 0.25) is 0 Å². The molecule has 4 rings (SSSR count). The van der Waals surface area contributed by atoms with E-state index in [-0.39, 0.29) is 18.2 Å². The molecule has 1 aliphatic rings. The van der Waals surface area contributed by atoms with Crippen LogP contribution < -0.4 is 17.2 Å². The number of nitrogens with zero attached hydrogens (tertiary/aromatic N) is 4. The number of aryl methyl sites for hydroxylation is 1. The number of primary amides is 1. The number of aliphatic carboxylic acids is 1. The Balaban J connectivity index is 1.49. The lowest BCUT2D eigenvalue weighted by atomic mass is 9.87. The first-order valence-electron chi connectivity index (χ1n) is 12.0. The molecule has 198 valence electrons. The van der Waals surface area contributed by atoms with Gasteiger partial charge in [0.05, 0.1) is 12.4 Å². The van der Waals surface area contributed by atoms with Crippen LogP contribution in [0.25, 0.3) is 11.2 Å². The number of carboxylic acids is 1. The maximum absolute atomic E-state index is 11.5. The van der Waals surface area contributed by atoms with Gasteiger partial charge < -0.3 is 37.3 Å². The summed E-state index contributed by atoms with van der Waals surface area (Å²) in [5.41, 5.74) is 19.0. The van der Waals surface area contributed by atoms with Crippen molar-refractivity contribution in [2.45, 2.75) is 62.7 Å². The molecule has 1 fully saturated rings. The number of nitrogen functional groups attached to an aromatic ring is 1. The molecule has 37 heavy (non-hydrogen) atoms. The standard InChI is InChI=1S/C24H31N7O6/c25-15(24(35)36)7-6-13(5-4-12-2-1-3-14(8-12)21(27)34)9-16-18(32)19(33)23(37-16)31-11-30-17-20(26)28-10-29-22(17)31/h1-3,8,10-11,13,15-16,18-19,23,32-33H,4-7,9,25H2,(H2,27,34)(H,35,36)(H2,26,28,29)/t13-,15-,16+,18+,19+,23+/m0/s1. The number of imidazole rings is 1. The highest BCUT2D eigenvalue weighted by atomic mass is 16.6. The average Bonchev–Trinajstić information content (AvgIpc) is 3.42. The summed E-state index contributed by atoms with van der Waals surface area (Å²) in [6.07, 6.45) is 0.808. The number of fused-ring (bicyclic) bond motifs is 1. The first-order valence-corrected chi connectivity index (χ1v) is 12.0. The third kappa shape index (κ3) is 5.85. The van der Waals surface area contributed by atoms with Crippen LogP contribution in [-0.2, 0) is 16.0 Å². The van der Waals surface area contributed by atoms with Crippen molar-refractivity contribution in [3.8, 4) is 0 Å². The van der Waals surface area contributed by atoms with Crippen LogP contribution in [0.15, 0.2) is 36.9 Å². The summed E-state index contributed by atoms with van der Waals surface area (Å²) in [6, 6.07) is 5.97. The van der Waals surface area contributed by atoms with E-state index in [2.05, 4.69) is 15.0 Å². The highest BCUT2D eigenvalue weighted by molar-refractivity contribution is 5.92. The number of carbonyl (C=O) groups excluding carboxylic acids is 1. The van der Waals surface area contributed by atoms with Gasteiger partial charge in [0.25, 0.3) is 0 Å². The van der Waals surface area contributed by atoms with Gasteiger partial charge in [0.1, 0.15) is 30.1 Å². The maximum atomic E-state index is 11.5. The van der Waals surface area contributed by atoms with Crippen LogP contribution in [0, 0.1) is 5.92 Å². The first-order chi connectivity index (χ1) is 17.7. The Hall–Kier alpha value is -3.65. The zero-order valence-electron chi connectivity index (χ0n) is 20.1. The zero-order valence-corrected chi connectivity index (χ0v) is 20.1. The highest BCUT2D eigenvalue weighted by Gasteiger charge is 2.45. The van der Waals surface area contributed by atoms with E-state index in [1.807, 2.05) is 6.07 Å². The summed E-state index contributed by atoms with van der Waals surface area (Å²) < 4.78 is 7.58. The van der Waals surface area contributed by atoms with E-state index in [0.717, 1.165) is 5.56 Å². The number of hydrogen-bond acceptors (Lipinski definition) is 10. The van der Waals surface area contributed by atoms with Crippen molar-refractivity contribution < 1.29 is 29.6 Å². The monoisotopic (exact) mass is 513 g/mol. The number of carbonyl (C=O) groups is 2. The molecule has 1 aliphatic heterocycles. The number of carboxylic acid groups (broad SMARTS) is 1. The Morgan fingerprint density at radius 2 is 1.89 bits per heavy atom. The minimum Gasteiger partial charge on any atom is -0.480 e. The fraction of sp³-hybridized carbons (Fsp3) is 0.458. The van der Waals surface area contributed by atoms with Crippen molar-refractivity contribution in [1.29, 1.82) is 0 Å². The molecule has 3 heterocycles. The second-order valence-electron chi connectivity index (χ2n) is 9.36. The van der Waals surface area contributed by atoms with E-state index < -0.39 is 42.5 Å². The molecule has 6 atom stereocenters. The molecule has 9 N–H and O–H groups in total. The predicted molar refractivity (Wildman–Crippen MR) is 132 cm³/mol. The molecular weight excluding hydrogens is 482 g/mol. The van der Waals surface area contributed by atoms with E-state index in [4.69, 9.17) is 21.9 Å². The van der Waals surface area contributed by atoms with Gasteiger partial charge in [0.15, 0.2) is 17.7 Å². The van der Waals surface area contributed by atoms with Gasteiger partial charge in [-0.05, 0) is 55.7 Å². The van der Waals surface area contributed by atoms with Gasteiger partial charge in [-0.25, -0.2) is 15.0 Å². The van der Waals surface area contributed by atoms with E-state index >= 15 is 0 Å². The Labute approximate surface area is 212 Å². The summed E-state index contributed by atoms with van der Waals surface area (Å²) >= 11 is 0. The van der Waals surface area contributed by atoms with Crippen LogP contribution in [-0.4, -0.2) is 71.1 Å². The molecule has 1 amide bonds. The predicted octanol–water partition coefficient (Wildman–Crippen LogP) is -0.0422. The summed E-state index contributed by atoms with van der Waals surface area (Å²) in [6.45, 7) is 0. The third-order valence-corrected chi connectivity index (χ3v) is 6.82. The van der Waals surface area contributed by atoms with Crippen LogP contribution in [0.3, 0.4) is 0 Å². The van der Waals surface area contributed by atoms with Crippen molar-refractivity contribution in [2.24, 2.45) is 17.4 Å². The number of hydrogen-bond donors (Lipinski definition) is 6. The second-order valence-corrected chi connectivity index (χ2v) is 9.36. The minimum atomic E-state index is -1.26. The Bertz CT molecular complexity index is 1270. The minimum absolute atomic E-state index is 0.0919. The lowest BCUT2D eigenvalue weighted by molar-refractivity contribution is -0.138. The highest BCUT2D eigenvalue weighted by Crippen LogP contribution is 2.36. The summed E-state index contributed by atoms with van der Waals surface area (Å²) in [5, 5.41) is 30.8. The van der Waals surface area contributed by atoms with Crippen molar-refractivity contribution in [3.63, 3.8) is 0 Å². The molecule has 0 saturated carbocycles. The first kappa shape index (κ1) is 26.4. The van der Waals surface area contributed by atoms with E-state index in [0.29, 0.717) is 42.4 Å². The lowest BCUT2D eigenvalue weighted by Crippen LogP contribution is -2.33. The molecular formula is C24H31N7O6. The van der Waals surface area contributed by atoms with Gasteiger partial charge in [-0.3, -0.25) is 14.2 Å². The third-order valence-electron chi connectivity index (χ3n) is 6.82. The fourth-order valence-electron chi connectivity index (χ4n) is 4.71. The van der Waals surface area contributed by atoms with Crippen molar-refractivity contribution in [2.75, 3.05) is 5.73 Å². The molecule has 1 saturated heterocycles. The van der Waals surface area contributed by atoms with Gasteiger partial charge in [0.2, 0.25) is 5.91 Å². The number of aliphatic hydroxyl groups excluding tert-OH is 2. The number of amides is 1. The quantitative estimate of drug-likeness (QED) is 0.199.